The van der Waals surface area contributed by atoms with Crippen LogP contribution in [0.5, 0.6) is 5.88 Å². The van der Waals surface area contributed by atoms with Crippen molar-refractivity contribution < 1.29 is 9.84 Å². The SMILES string of the molecule is COc1ncnc(N)c1CNCCC(C)O. The van der Waals surface area contributed by atoms with E-state index in [9.17, 15) is 0 Å². The normalized spacial score (nSPS) is 12.4. The highest BCUT2D eigenvalue weighted by Crippen LogP contribution is 2.18. The molecule has 0 fully saturated rings. The van der Waals surface area contributed by atoms with Crippen LogP contribution in [0.4, 0.5) is 5.82 Å². The number of hydrogen-bond acceptors (Lipinski definition) is 6. The third kappa shape index (κ3) is 3.63. The number of ether oxygens (including phenoxy) is 1. The number of anilines is 1. The number of nitrogen functional groups attached to an aromatic ring is 1. The van der Waals surface area contributed by atoms with Gasteiger partial charge in [0.05, 0.1) is 18.8 Å². The summed E-state index contributed by atoms with van der Waals surface area (Å²) < 4.78 is 5.08. The van der Waals surface area contributed by atoms with Crippen molar-refractivity contribution in [2.45, 2.75) is 26.0 Å². The van der Waals surface area contributed by atoms with Gasteiger partial charge in [-0.15, -0.1) is 0 Å². The number of rotatable bonds is 6. The highest BCUT2D eigenvalue weighted by molar-refractivity contribution is 5.44. The van der Waals surface area contributed by atoms with Gasteiger partial charge in [0.2, 0.25) is 5.88 Å². The molecule has 0 aliphatic heterocycles. The third-order valence-corrected chi connectivity index (χ3v) is 2.17. The number of nitrogens with two attached hydrogens (primary N) is 1. The minimum Gasteiger partial charge on any atom is -0.481 e. The molecule has 0 saturated carbocycles. The van der Waals surface area contributed by atoms with E-state index in [-0.39, 0.29) is 6.10 Å². The van der Waals surface area contributed by atoms with E-state index < -0.39 is 0 Å². The Morgan fingerprint density at radius 2 is 2.31 bits per heavy atom. The molecule has 1 aromatic heterocycles. The number of aliphatic hydroxyl groups excluding tert-OH is 1. The molecule has 90 valence electrons. The van der Waals surface area contributed by atoms with E-state index in [1.807, 2.05) is 0 Å². The van der Waals surface area contributed by atoms with Crippen LogP contribution in [0.2, 0.25) is 0 Å². The molecule has 0 saturated heterocycles. The van der Waals surface area contributed by atoms with Crippen LogP contribution in [0.25, 0.3) is 0 Å². The maximum absolute atomic E-state index is 9.09. The van der Waals surface area contributed by atoms with Crippen LogP contribution >= 0.6 is 0 Å². The largest absolute Gasteiger partial charge is 0.481 e. The summed E-state index contributed by atoms with van der Waals surface area (Å²) >= 11 is 0. The quantitative estimate of drug-likeness (QED) is 0.588. The molecular formula is C10H18N4O2. The summed E-state index contributed by atoms with van der Waals surface area (Å²) in [4.78, 5) is 7.87. The van der Waals surface area contributed by atoms with Gasteiger partial charge in [-0.1, -0.05) is 0 Å². The Kier molecular flexibility index (Phi) is 4.94. The molecule has 0 radical (unpaired) electrons. The number of aromatic nitrogens is 2. The van der Waals surface area contributed by atoms with E-state index in [4.69, 9.17) is 15.6 Å². The average Bonchev–Trinajstić information content (AvgIpc) is 2.25. The number of nitrogens with zero attached hydrogens (tertiary/aromatic N) is 2. The first-order valence-corrected chi connectivity index (χ1v) is 5.17. The van der Waals surface area contributed by atoms with Crippen LogP contribution in [0.15, 0.2) is 6.33 Å². The van der Waals surface area contributed by atoms with Crippen molar-refractivity contribution in [3.63, 3.8) is 0 Å². The Labute approximate surface area is 94.9 Å². The van der Waals surface area contributed by atoms with E-state index >= 15 is 0 Å². The number of nitrogens with one attached hydrogen (secondary N) is 1. The van der Waals surface area contributed by atoms with Crippen LogP contribution in [0.1, 0.15) is 18.9 Å². The van der Waals surface area contributed by atoms with Gasteiger partial charge in [-0.05, 0) is 19.9 Å². The van der Waals surface area contributed by atoms with Gasteiger partial charge in [-0.3, -0.25) is 0 Å². The lowest BCUT2D eigenvalue weighted by Crippen LogP contribution is -2.20. The lowest BCUT2D eigenvalue weighted by molar-refractivity contribution is 0.183. The molecule has 0 aliphatic rings. The maximum Gasteiger partial charge on any atom is 0.222 e. The van der Waals surface area contributed by atoms with Crippen LogP contribution in [0.3, 0.4) is 0 Å². The van der Waals surface area contributed by atoms with Crippen LogP contribution < -0.4 is 15.8 Å². The van der Waals surface area contributed by atoms with E-state index in [1.54, 1.807) is 14.0 Å². The van der Waals surface area contributed by atoms with E-state index in [1.165, 1.54) is 6.33 Å². The maximum atomic E-state index is 9.09. The molecule has 6 nitrogen and oxygen atoms in total. The molecule has 1 unspecified atom stereocenters. The predicted molar refractivity (Wildman–Crippen MR) is 61.0 cm³/mol. The van der Waals surface area contributed by atoms with E-state index in [0.717, 1.165) is 5.56 Å². The summed E-state index contributed by atoms with van der Waals surface area (Å²) in [6.07, 6.45) is 1.75. The second kappa shape index (κ2) is 6.24. The fourth-order valence-corrected chi connectivity index (χ4v) is 1.28. The molecule has 0 spiro atoms. The van der Waals surface area contributed by atoms with Crippen molar-refractivity contribution in [2.24, 2.45) is 0 Å². The topological polar surface area (TPSA) is 93.3 Å². The summed E-state index contributed by atoms with van der Waals surface area (Å²) in [5, 5.41) is 12.2. The van der Waals surface area contributed by atoms with Crippen LogP contribution in [-0.2, 0) is 6.54 Å². The zero-order valence-electron chi connectivity index (χ0n) is 9.60. The lowest BCUT2D eigenvalue weighted by Gasteiger charge is -2.10. The minimum atomic E-state index is -0.307. The summed E-state index contributed by atoms with van der Waals surface area (Å²) in [7, 11) is 1.54. The van der Waals surface area contributed by atoms with Crippen molar-refractivity contribution in [2.75, 3.05) is 19.4 Å². The van der Waals surface area contributed by atoms with Crippen LogP contribution in [0, 0.1) is 0 Å². The first-order chi connectivity index (χ1) is 7.65. The van der Waals surface area contributed by atoms with E-state index in [2.05, 4.69) is 15.3 Å². The number of aliphatic hydroxyl groups is 1. The van der Waals surface area contributed by atoms with Gasteiger partial charge in [0.25, 0.3) is 0 Å². The fourth-order valence-electron chi connectivity index (χ4n) is 1.28. The Balaban J connectivity index is 2.52. The van der Waals surface area contributed by atoms with Gasteiger partial charge in [-0.2, -0.15) is 0 Å². The van der Waals surface area contributed by atoms with Crippen molar-refractivity contribution >= 4 is 5.82 Å². The highest BCUT2D eigenvalue weighted by Gasteiger charge is 2.08. The molecule has 6 heteroatoms. The third-order valence-electron chi connectivity index (χ3n) is 2.17. The van der Waals surface area contributed by atoms with Gasteiger partial charge in [0, 0.05) is 6.54 Å². The summed E-state index contributed by atoms with van der Waals surface area (Å²) in [6, 6.07) is 0. The summed E-state index contributed by atoms with van der Waals surface area (Å²) in [6.45, 7) is 2.99. The standard InChI is InChI=1S/C10H18N4O2/c1-7(15)3-4-12-5-8-9(11)13-6-14-10(8)16-2/h6-7,12,15H,3-5H2,1-2H3,(H2,11,13,14). The van der Waals surface area contributed by atoms with Gasteiger partial charge in [0.1, 0.15) is 12.1 Å². The van der Waals surface area contributed by atoms with Gasteiger partial charge in [0.15, 0.2) is 0 Å². The Morgan fingerprint density at radius 3 is 2.94 bits per heavy atom. The van der Waals surface area contributed by atoms with Crippen molar-refractivity contribution in [3.8, 4) is 5.88 Å². The molecule has 1 heterocycles. The molecule has 0 amide bonds. The van der Waals surface area contributed by atoms with Gasteiger partial charge in [-0.25, -0.2) is 9.97 Å². The summed E-state index contributed by atoms with van der Waals surface area (Å²) in [5.74, 6) is 0.897. The second-order valence-corrected chi connectivity index (χ2v) is 3.56. The van der Waals surface area contributed by atoms with E-state index in [0.29, 0.717) is 31.2 Å². The van der Waals surface area contributed by atoms with Crippen molar-refractivity contribution in [1.29, 1.82) is 0 Å². The van der Waals surface area contributed by atoms with Gasteiger partial charge < -0.3 is 20.9 Å². The second-order valence-electron chi connectivity index (χ2n) is 3.56. The number of hydrogen-bond donors (Lipinski definition) is 3. The predicted octanol–water partition coefficient (Wildman–Crippen LogP) is -0.0721. The van der Waals surface area contributed by atoms with Crippen molar-refractivity contribution in [3.05, 3.63) is 11.9 Å². The molecule has 0 aromatic carbocycles. The molecule has 1 aromatic rings. The minimum absolute atomic E-state index is 0.307. The summed E-state index contributed by atoms with van der Waals surface area (Å²) in [5.41, 5.74) is 6.46. The van der Waals surface area contributed by atoms with Gasteiger partial charge >= 0.3 is 0 Å². The fraction of sp³-hybridized carbons (Fsp3) is 0.600. The zero-order valence-corrected chi connectivity index (χ0v) is 9.60. The van der Waals surface area contributed by atoms with Crippen molar-refractivity contribution in [1.82, 2.24) is 15.3 Å². The highest BCUT2D eigenvalue weighted by atomic mass is 16.5. The Bertz CT molecular complexity index is 331. The molecule has 0 aliphatic carbocycles. The first-order valence-electron chi connectivity index (χ1n) is 5.17. The molecule has 16 heavy (non-hydrogen) atoms. The number of methoxy groups -OCH3 is 1. The Hall–Kier alpha value is -1.40. The molecular weight excluding hydrogens is 208 g/mol. The van der Waals surface area contributed by atoms with Crippen LogP contribution in [-0.4, -0.2) is 34.8 Å². The molecule has 1 atom stereocenters. The average molecular weight is 226 g/mol. The smallest absolute Gasteiger partial charge is 0.222 e. The molecule has 1 rings (SSSR count). The molecule has 0 bridgehead atoms. The lowest BCUT2D eigenvalue weighted by atomic mass is 10.2. The molecule has 4 N–H and O–H groups in total. The first kappa shape index (κ1) is 12.7. The monoisotopic (exact) mass is 226 g/mol. The Morgan fingerprint density at radius 1 is 1.56 bits per heavy atom. The zero-order chi connectivity index (χ0) is 12.0.